The van der Waals surface area contributed by atoms with Gasteiger partial charge in [0.2, 0.25) is 0 Å². The van der Waals surface area contributed by atoms with Crippen molar-refractivity contribution in [1.82, 2.24) is 0 Å². The van der Waals surface area contributed by atoms with Crippen molar-refractivity contribution in [3.05, 3.63) is 42.5 Å². The molecular weight excluding hydrogens is 212 g/mol. The van der Waals surface area contributed by atoms with Crippen LogP contribution in [0.1, 0.15) is 0 Å². The van der Waals surface area contributed by atoms with Crippen molar-refractivity contribution in [3.8, 4) is 11.1 Å². The average Bonchev–Trinajstić information content (AvgIpc) is 2.49. The molecule has 78 valence electrons. The molecule has 0 aliphatic heterocycles. The molecule has 15 heavy (non-hydrogen) atoms. The first-order valence-electron chi connectivity index (χ1n) is 4.43. The van der Waals surface area contributed by atoms with E-state index in [1.807, 2.05) is 18.2 Å². The Morgan fingerprint density at radius 1 is 1.00 bits per heavy atom. The highest BCUT2D eigenvalue weighted by atomic mass is 32.2. The van der Waals surface area contributed by atoms with Crippen molar-refractivity contribution in [3.63, 3.8) is 0 Å². The molecule has 4 heteroatoms. The molecule has 3 nitrogen and oxygen atoms in total. The Labute approximate surface area is 88.8 Å². The molecule has 0 bridgehead atoms. The molecule has 2 rings (SSSR count). The van der Waals surface area contributed by atoms with Crippen LogP contribution in [0.4, 0.5) is 0 Å². The number of hydrogen-bond acceptors (Lipinski definition) is 3. The summed E-state index contributed by atoms with van der Waals surface area (Å²) in [6, 6.07) is 12.5. The number of rotatable bonds is 2. The van der Waals surface area contributed by atoms with E-state index in [4.69, 9.17) is 0 Å². The summed E-state index contributed by atoms with van der Waals surface area (Å²) in [5.74, 6) is 0. The third-order valence-electron chi connectivity index (χ3n) is 2.24. The van der Waals surface area contributed by atoms with E-state index >= 15 is 0 Å². The smallest absolute Gasteiger partial charge is 0.270 e. The second-order valence-electron chi connectivity index (χ2n) is 3.10. The summed E-state index contributed by atoms with van der Waals surface area (Å²) in [5, 5.41) is 0. The first-order valence-corrected chi connectivity index (χ1v) is 5.84. The molecule has 0 fully saturated rings. The lowest BCUT2D eigenvalue weighted by Gasteiger charge is -2.00. The topological polar surface area (TPSA) is 43.4 Å². The van der Waals surface area contributed by atoms with Crippen LogP contribution in [-0.2, 0) is 14.3 Å². The Morgan fingerprint density at radius 3 is 2.47 bits per heavy atom. The van der Waals surface area contributed by atoms with E-state index in [1.54, 1.807) is 24.3 Å². The summed E-state index contributed by atoms with van der Waals surface area (Å²) >= 11 is 0. The van der Waals surface area contributed by atoms with E-state index in [0.29, 0.717) is 5.56 Å². The van der Waals surface area contributed by atoms with Crippen LogP contribution in [0.5, 0.6) is 0 Å². The molecular formula is C11H10O3S. The van der Waals surface area contributed by atoms with Crippen molar-refractivity contribution < 1.29 is 12.6 Å². The van der Waals surface area contributed by atoms with Gasteiger partial charge in [0, 0.05) is 5.56 Å². The van der Waals surface area contributed by atoms with Crippen LogP contribution in [0, 0.1) is 0 Å². The van der Waals surface area contributed by atoms with Crippen molar-refractivity contribution in [2.75, 3.05) is 7.11 Å². The van der Waals surface area contributed by atoms with Crippen LogP contribution in [0.3, 0.4) is 0 Å². The standard InChI is InChI=1S/C11H10O3S/c1-14-15(12,13)11-8-7-9-5-3-2-4-6-10(9)11/h2-8H,1H3. The SMILES string of the molecule is COS(=O)(=O)c1ccc2cccccc1-2. The van der Waals surface area contributed by atoms with Crippen LogP contribution in [0.2, 0.25) is 0 Å². The van der Waals surface area contributed by atoms with Gasteiger partial charge in [0.15, 0.2) is 0 Å². The summed E-state index contributed by atoms with van der Waals surface area (Å²) < 4.78 is 27.6. The molecule has 0 N–H and O–H groups in total. The lowest BCUT2D eigenvalue weighted by Crippen LogP contribution is -2.01. The van der Waals surface area contributed by atoms with Gasteiger partial charge in [-0.2, -0.15) is 8.42 Å². The van der Waals surface area contributed by atoms with Gasteiger partial charge in [-0.3, -0.25) is 4.18 Å². The molecule has 2 aliphatic carbocycles. The highest BCUT2D eigenvalue weighted by Crippen LogP contribution is 2.30. The molecule has 0 atom stereocenters. The number of fused-ring (bicyclic) bond motifs is 1. The second kappa shape index (κ2) is 3.64. The molecule has 0 saturated heterocycles. The fourth-order valence-corrected chi connectivity index (χ4v) is 2.36. The van der Waals surface area contributed by atoms with Gasteiger partial charge in [-0.05, 0) is 11.6 Å². The van der Waals surface area contributed by atoms with Gasteiger partial charge in [0.1, 0.15) is 4.90 Å². The van der Waals surface area contributed by atoms with Crippen LogP contribution in [-0.4, -0.2) is 15.5 Å². The Hall–Kier alpha value is -1.39. The minimum atomic E-state index is -3.61. The molecule has 0 aromatic rings. The molecule has 0 aromatic carbocycles. The van der Waals surface area contributed by atoms with Gasteiger partial charge >= 0.3 is 0 Å². The van der Waals surface area contributed by atoms with Crippen molar-refractivity contribution >= 4 is 10.1 Å². The molecule has 0 spiro atoms. The van der Waals surface area contributed by atoms with Gasteiger partial charge < -0.3 is 0 Å². The Bertz CT molecular complexity index is 546. The Morgan fingerprint density at radius 2 is 1.73 bits per heavy atom. The first kappa shape index (κ1) is 10.1. The van der Waals surface area contributed by atoms with Gasteiger partial charge in [-0.15, -0.1) is 0 Å². The van der Waals surface area contributed by atoms with Gasteiger partial charge in [0.05, 0.1) is 7.11 Å². The zero-order valence-corrected chi connectivity index (χ0v) is 8.99. The molecule has 2 aliphatic rings. The van der Waals surface area contributed by atoms with E-state index in [1.165, 1.54) is 0 Å². The highest BCUT2D eigenvalue weighted by Gasteiger charge is 2.20. The lowest BCUT2D eigenvalue weighted by molar-refractivity contribution is 0.398. The van der Waals surface area contributed by atoms with Crippen molar-refractivity contribution in [2.24, 2.45) is 0 Å². The highest BCUT2D eigenvalue weighted by molar-refractivity contribution is 7.86. The van der Waals surface area contributed by atoms with Crippen molar-refractivity contribution in [1.29, 1.82) is 0 Å². The van der Waals surface area contributed by atoms with Gasteiger partial charge in [-0.1, -0.05) is 36.4 Å². The Balaban J connectivity index is 2.70. The quantitative estimate of drug-likeness (QED) is 0.731. The fraction of sp³-hybridized carbons (Fsp3) is 0.0909. The zero-order chi connectivity index (χ0) is 10.9. The molecule has 0 aromatic heterocycles. The molecule has 0 saturated carbocycles. The predicted octanol–water partition coefficient (Wildman–Crippen LogP) is 2.13. The zero-order valence-electron chi connectivity index (χ0n) is 8.17. The van der Waals surface area contributed by atoms with Gasteiger partial charge in [-0.25, -0.2) is 0 Å². The van der Waals surface area contributed by atoms with Crippen LogP contribution >= 0.6 is 0 Å². The number of hydrogen-bond donors (Lipinski definition) is 0. The molecule has 0 radical (unpaired) electrons. The molecule has 0 amide bonds. The maximum absolute atomic E-state index is 11.6. The van der Waals surface area contributed by atoms with Crippen LogP contribution < -0.4 is 0 Å². The van der Waals surface area contributed by atoms with Crippen LogP contribution in [0.25, 0.3) is 11.1 Å². The van der Waals surface area contributed by atoms with Crippen molar-refractivity contribution in [2.45, 2.75) is 4.90 Å². The monoisotopic (exact) mass is 222 g/mol. The van der Waals surface area contributed by atoms with E-state index < -0.39 is 10.1 Å². The normalized spacial score (nSPS) is 11.8. The lowest BCUT2D eigenvalue weighted by atomic mass is 10.2. The molecule has 0 unspecified atom stereocenters. The average molecular weight is 222 g/mol. The summed E-state index contributed by atoms with van der Waals surface area (Å²) in [7, 11) is -2.45. The summed E-state index contributed by atoms with van der Waals surface area (Å²) in [6.07, 6.45) is 0. The van der Waals surface area contributed by atoms with E-state index in [-0.39, 0.29) is 4.90 Å². The summed E-state index contributed by atoms with van der Waals surface area (Å²) in [5.41, 5.74) is 1.57. The summed E-state index contributed by atoms with van der Waals surface area (Å²) in [4.78, 5) is 0.219. The minimum absolute atomic E-state index is 0.219. The maximum Gasteiger partial charge on any atom is 0.297 e. The second-order valence-corrected chi connectivity index (χ2v) is 4.78. The largest absolute Gasteiger partial charge is 0.297 e. The third kappa shape index (κ3) is 1.73. The predicted molar refractivity (Wildman–Crippen MR) is 57.3 cm³/mol. The van der Waals surface area contributed by atoms with Crippen LogP contribution in [0.15, 0.2) is 47.4 Å². The maximum atomic E-state index is 11.6. The van der Waals surface area contributed by atoms with E-state index in [0.717, 1.165) is 12.7 Å². The first-order chi connectivity index (χ1) is 7.15. The van der Waals surface area contributed by atoms with E-state index in [9.17, 15) is 8.42 Å². The minimum Gasteiger partial charge on any atom is -0.270 e. The molecule has 0 heterocycles. The fourth-order valence-electron chi connectivity index (χ4n) is 1.49. The third-order valence-corrected chi connectivity index (χ3v) is 3.57. The van der Waals surface area contributed by atoms with Gasteiger partial charge in [0.25, 0.3) is 10.1 Å². The Kier molecular flexibility index (Phi) is 2.46. The summed E-state index contributed by atoms with van der Waals surface area (Å²) in [6.45, 7) is 0. The van der Waals surface area contributed by atoms with E-state index in [2.05, 4.69) is 4.18 Å².